The lowest BCUT2D eigenvalue weighted by atomic mass is 10.0. The Morgan fingerprint density at radius 1 is 1.37 bits per heavy atom. The molecule has 0 fully saturated rings. The molecule has 1 aliphatic rings. The van der Waals surface area contributed by atoms with Crippen LogP contribution in [0.1, 0.15) is 30.5 Å². The number of ether oxygens (including phenoxy) is 3. The molecule has 0 amide bonds. The van der Waals surface area contributed by atoms with Crippen LogP contribution < -0.4 is 25.3 Å². The molecule has 0 bridgehead atoms. The van der Waals surface area contributed by atoms with Crippen molar-refractivity contribution < 1.29 is 14.2 Å². The Hall–Kier alpha value is -2.60. The van der Waals surface area contributed by atoms with Gasteiger partial charge in [-0.3, -0.25) is 0 Å². The number of para-hydroxylation sites is 1. The molecular weight excluding hydrogens is 366 g/mol. The van der Waals surface area contributed by atoms with Crippen molar-refractivity contribution in [2.24, 2.45) is 10.7 Å². The Morgan fingerprint density at radius 3 is 2.96 bits per heavy atom. The topological polar surface area (TPSA) is 78.1 Å². The van der Waals surface area contributed by atoms with Crippen LogP contribution in [0.2, 0.25) is 5.02 Å². The largest absolute Gasteiger partial charge is 0.493 e. The molecular formula is C20H24ClN3O3. The molecule has 144 valence electrons. The van der Waals surface area contributed by atoms with Gasteiger partial charge in [-0.25, -0.2) is 4.99 Å². The second-order valence-electron chi connectivity index (χ2n) is 6.12. The standard InChI is InChI=1S/C20H24ClN3O3/c1-3-26-19-15(21)10-13(11-18(19)25-2)12-23-20(22)24-16-8-9-27-17-7-5-4-6-14(16)17/h4-7,10-11,16H,3,8-9,12H2,1-2H3,(H3,22,23,24). The quantitative estimate of drug-likeness (QED) is 0.582. The predicted octanol–water partition coefficient (Wildman–Crippen LogP) is 3.68. The van der Waals surface area contributed by atoms with E-state index in [-0.39, 0.29) is 6.04 Å². The number of nitrogens with one attached hydrogen (secondary N) is 1. The number of fused-ring (bicyclic) bond motifs is 1. The fraction of sp³-hybridized carbons (Fsp3) is 0.350. The van der Waals surface area contributed by atoms with Gasteiger partial charge in [-0.2, -0.15) is 0 Å². The second-order valence-corrected chi connectivity index (χ2v) is 6.52. The number of halogens is 1. The average Bonchev–Trinajstić information content (AvgIpc) is 2.68. The Kier molecular flexibility index (Phi) is 6.29. The molecule has 0 saturated carbocycles. The van der Waals surface area contributed by atoms with Crippen molar-refractivity contribution in [1.82, 2.24) is 5.32 Å². The molecule has 0 aromatic heterocycles. The summed E-state index contributed by atoms with van der Waals surface area (Å²) in [6, 6.07) is 11.7. The van der Waals surface area contributed by atoms with Crippen molar-refractivity contribution in [2.45, 2.75) is 25.9 Å². The fourth-order valence-electron chi connectivity index (χ4n) is 3.04. The Bertz CT molecular complexity index is 826. The first kappa shape index (κ1) is 19.2. The van der Waals surface area contributed by atoms with Crippen molar-refractivity contribution in [1.29, 1.82) is 0 Å². The normalized spacial score (nSPS) is 16.3. The van der Waals surface area contributed by atoms with Crippen LogP contribution in [0.25, 0.3) is 0 Å². The molecule has 6 nitrogen and oxygen atoms in total. The van der Waals surface area contributed by atoms with Crippen LogP contribution in [0, 0.1) is 0 Å². The molecule has 3 N–H and O–H groups in total. The lowest BCUT2D eigenvalue weighted by Gasteiger charge is -2.26. The summed E-state index contributed by atoms with van der Waals surface area (Å²) in [5.74, 6) is 2.39. The zero-order chi connectivity index (χ0) is 19.2. The van der Waals surface area contributed by atoms with E-state index < -0.39 is 0 Å². The monoisotopic (exact) mass is 389 g/mol. The van der Waals surface area contributed by atoms with Gasteiger partial charge in [0.1, 0.15) is 5.75 Å². The number of nitrogens with two attached hydrogens (primary N) is 1. The molecule has 2 aromatic rings. The Balaban J connectivity index is 1.70. The Morgan fingerprint density at radius 2 is 2.19 bits per heavy atom. The minimum absolute atomic E-state index is 0.0807. The summed E-state index contributed by atoms with van der Waals surface area (Å²) in [5, 5.41) is 3.77. The van der Waals surface area contributed by atoms with Gasteiger partial charge in [0.25, 0.3) is 0 Å². The molecule has 1 unspecified atom stereocenters. The van der Waals surface area contributed by atoms with E-state index in [1.807, 2.05) is 43.3 Å². The lowest BCUT2D eigenvalue weighted by molar-refractivity contribution is 0.262. The van der Waals surface area contributed by atoms with Crippen LogP contribution in [-0.4, -0.2) is 26.3 Å². The van der Waals surface area contributed by atoms with Crippen LogP contribution in [-0.2, 0) is 6.54 Å². The van der Waals surface area contributed by atoms with Gasteiger partial charge in [0, 0.05) is 12.0 Å². The summed E-state index contributed by atoms with van der Waals surface area (Å²) < 4.78 is 16.6. The smallest absolute Gasteiger partial charge is 0.189 e. The summed E-state index contributed by atoms with van der Waals surface area (Å²) in [5.41, 5.74) is 8.08. The van der Waals surface area contributed by atoms with Crippen LogP contribution in [0.4, 0.5) is 0 Å². The second kappa shape index (κ2) is 8.86. The van der Waals surface area contributed by atoms with E-state index in [0.717, 1.165) is 23.3 Å². The number of methoxy groups -OCH3 is 1. The Labute approximate surface area is 164 Å². The number of nitrogens with zero attached hydrogens (tertiary/aromatic N) is 1. The number of hydrogen-bond donors (Lipinski definition) is 2. The van der Waals surface area contributed by atoms with Gasteiger partial charge in [-0.15, -0.1) is 0 Å². The van der Waals surface area contributed by atoms with Gasteiger partial charge >= 0.3 is 0 Å². The summed E-state index contributed by atoms with van der Waals surface area (Å²) in [6.07, 6.45) is 0.829. The molecule has 7 heteroatoms. The highest BCUT2D eigenvalue weighted by Gasteiger charge is 2.21. The first-order chi connectivity index (χ1) is 13.1. The summed E-state index contributed by atoms with van der Waals surface area (Å²) in [7, 11) is 1.58. The molecule has 0 saturated heterocycles. The third kappa shape index (κ3) is 4.57. The van der Waals surface area contributed by atoms with Gasteiger partial charge in [0.05, 0.1) is 37.9 Å². The summed E-state index contributed by atoms with van der Waals surface area (Å²) >= 11 is 6.31. The minimum Gasteiger partial charge on any atom is -0.493 e. The minimum atomic E-state index is 0.0807. The number of rotatable bonds is 6. The number of benzene rings is 2. The average molecular weight is 390 g/mol. The van der Waals surface area contributed by atoms with Crippen LogP contribution in [0.3, 0.4) is 0 Å². The molecule has 0 spiro atoms. The van der Waals surface area contributed by atoms with E-state index in [4.69, 9.17) is 31.5 Å². The third-order valence-corrected chi connectivity index (χ3v) is 4.57. The van der Waals surface area contributed by atoms with E-state index in [9.17, 15) is 0 Å². The van der Waals surface area contributed by atoms with Crippen molar-refractivity contribution in [3.63, 3.8) is 0 Å². The molecule has 27 heavy (non-hydrogen) atoms. The maximum Gasteiger partial charge on any atom is 0.189 e. The molecule has 3 rings (SSSR count). The molecule has 0 radical (unpaired) electrons. The lowest BCUT2D eigenvalue weighted by Crippen LogP contribution is -2.37. The summed E-state index contributed by atoms with van der Waals surface area (Å²) in [4.78, 5) is 4.44. The van der Waals surface area contributed by atoms with E-state index in [1.165, 1.54) is 0 Å². The molecule has 1 atom stereocenters. The van der Waals surface area contributed by atoms with Gasteiger partial charge < -0.3 is 25.3 Å². The van der Waals surface area contributed by atoms with Crippen LogP contribution >= 0.6 is 11.6 Å². The maximum atomic E-state index is 6.31. The van der Waals surface area contributed by atoms with Gasteiger partial charge in [0.15, 0.2) is 17.5 Å². The fourth-order valence-corrected chi connectivity index (χ4v) is 3.33. The van der Waals surface area contributed by atoms with E-state index in [2.05, 4.69) is 10.3 Å². The number of aliphatic imine (C=N–C) groups is 1. The molecule has 1 heterocycles. The highest BCUT2D eigenvalue weighted by Crippen LogP contribution is 2.36. The van der Waals surface area contributed by atoms with Gasteiger partial charge in [-0.1, -0.05) is 29.8 Å². The van der Waals surface area contributed by atoms with Crippen molar-refractivity contribution in [2.75, 3.05) is 20.3 Å². The maximum absolute atomic E-state index is 6.31. The van der Waals surface area contributed by atoms with E-state index in [1.54, 1.807) is 7.11 Å². The van der Waals surface area contributed by atoms with Crippen molar-refractivity contribution in [3.05, 3.63) is 52.5 Å². The predicted molar refractivity (Wildman–Crippen MR) is 107 cm³/mol. The van der Waals surface area contributed by atoms with Crippen LogP contribution in [0.5, 0.6) is 17.2 Å². The first-order valence-corrected chi connectivity index (χ1v) is 9.27. The molecule has 1 aliphatic heterocycles. The number of guanidine groups is 1. The van der Waals surface area contributed by atoms with Crippen molar-refractivity contribution in [3.8, 4) is 17.2 Å². The van der Waals surface area contributed by atoms with Gasteiger partial charge in [0.2, 0.25) is 0 Å². The summed E-state index contributed by atoms with van der Waals surface area (Å²) in [6.45, 7) is 3.44. The first-order valence-electron chi connectivity index (χ1n) is 8.89. The van der Waals surface area contributed by atoms with Crippen molar-refractivity contribution >= 4 is 17.6 Å². The molecule has 0 aliphatic carbocycles. The zero-order valence-corrected chi connectivity index (χ0v) is 16.3. The highest BCUT2D eigenvalue weighted by molar-refractivity contribution is 6.32. The number of hydrogen-bond acceptors (Lipinski definition) is 4. The SMILES string of the molecule is CCOc1c(Cl)cc(CN=C(N)NC2CCOc3ccccc32)cc1OC. The third-order valence-electron chi connectivity index (χ3n) is 4.29. The highest BCUT2D eigenvalue weighted by atomic mass is 35.5. The van der Waals surface area contributed by atoms with Crippen LogP contribution in [0.15, 0.2) is 41.4 Å². The van der Waals surface area contributed by atoms with E-state index >= 15 is 0 Å². The molecule has 2 aromatic carbocycles. The zero-order valence-electron chi connectivity index (χ0n) is 15.5. The van der Waals surface area contributed by atoms with E-state index in [0.29, 0.717) is 42.2 Å². The van der Waals surface area contributed by atoms with Gasteiger partial charge in [-0.05, 0) is 30.7 Å².